The van der Waals surface area contributed by atoms with Gasteiger partial charge in [0.15, 0.2) is 5.78 Å². The molecule has 0 radical (unpaired) electrons. The fraction of sp³-hybridized carbons (Fsp3) is 0.214. The van der Waals surface area contributed by atoms with Gasteiger partial charge in [-0.2, -0.15) is 0 Å². The topological polar surface area (TPSA) is 46.6 Å². The van der Waals surface area contributed by atoms with Crippen LogP contribution in [0.3, 0.4) is 0 Å². The Morgan fingerprint density at radius 2 is 1.44 bits per heavy atom. The Morgan fingerprint density at radius 3 is 2.12 bits per heavy atom. The molecule has 0 bridgehead atoms. The highest BCUT2D eigenvalue weighted by molar-refractivity contribution is 6.08. The first-order chi connectivity index (χ1) is 15.7. The maximum atomic E-state index is 14.0. The standard InChI is InChI=1S/C28H23NO3/c30-23-16-17-28(21-12-6-2-7-13-21)24(18-23)27(19-32-28)25(20-10-4-1-5-11-20)29(26(27)31)22-14-8-3-9-15-22/h1-17,24-25H,18-19H2/t24-,25+,27+,28+/m0/s1. The van der Waals surface area contributed by atoms with E-state index in [9.17, 15) is 9.59 Å². The normalized spacial score (nSPS) is 30.9. The van der Waals surface area contributed by atoms with Gasteiger partial charge in [0, 0.05) is 18.0 Å². The van der Waals surface area contributed by atoms with Gasteiger partial charge in [0.2, 0.25) is 5.91 Å². The van der Waals surface area contributed by atoms with Gasteiger partial charge in [-0.3, -0.25) is 9.59 Å². The Kier molecular flexibility index (Phi) is 4.21. The van der Waals surface area contributed by atoms with Gasteiger partial charge in [-0.15, -0.1) is 0 Å². The third-order valence-corrected chi connectivity index (χ3v) is 7.35. The lowest BCUT2D eigenvalue weighted by Gasteiger charge is -2.57. The third-order valence-electron chi connectivity index (χ3n) is 7.35. The summed E-state index contributed by atoms with van der Waals surface area (Å²) in [5.74, 6) is -0.194. The molecule has 6 rings (SSSR count). The average Bonchev–Trinajstić information content (AvgIpc) is 3.21. The van der Waals surface area contributed by atoms with Crippen molar-refractivity contribution in [1.29, 1.82) is 0 Å². The second-order valence-electron chi connectivity index (χ2n) is 8.87. The summed E-state index contributed by atoms with van der Waals surface area (Å²) >= 11 is 0. The summed E-state index contributed by atoms with van der Waals surface area (Å²) in [5, 5.41) is 0. The van der Waals surface area contributed by atoms with E-state index in [2.05, 4.69) is 12.1 Å². The van der Waals surface area contributed by atoms with Gasteiger partial charge in [0.1, 0.15) is 11.0 Å². The number of para-hydroxylation sites is 1. The summed E-state index contributed by atoms with van der Waals surface area (Å²) < 4.78 is 6.56. The van der Waals surface area contributed by atoms with Crippen molar-refractivity contribution in [2.75, 3.05) is 11.5 Å². The molecule has 0 N–H and O–H groups in total. The van der Waals surface area contributed by atoms with Crippen molar-refractivity contribution in [3.05, 3.63) is 114 Å². The molecule has 2 fully saturated rings. The zero-order valence-corrected chi connectivity index (χ0v) is 17.6. The summed E-state index contributed by atoms with van der Waals surface area (Å²) in [6, 6.07) is 29.7. The Morgan fingerprint density at radius 1 is 0.812 bits per heavy atom. The van der Waals surface area contributed by atoms with E-state index < -0.39 is 11.0 Å². The van der Waals surface area contributed by atoms with Crippen LogP contribution >= 0.6 is 0 Å². The maximum Gasteiger partial charge on any atom is 0.239 e. The van der Waals surface area contributed by atoms with Crippen LogP contribution in [0.2, 0.25) is 0 Å². The molecule has 3 aromatic rings. The number of carbonyl (C=O) groups excluding carboxylic acids is 2. The number of ether oxygens (including phenoxy) is 1. The van der Waals surface area contributed by atoms with E-state index in [1.165, 1.54) is 0 Å². The van der Waals surface area contributed by atoms with Gasteiger partial charge in [0.05, 0.1) is 12.6 Å². The van der Waals surface area contributed by atoms with Crippen LogP contribution in [0.5, 0.6) is 0 Å². The number of ketones is 1. The van der Waals surface area contributed by atoms with Crippen LogP contribution in [0, 0.1) is 11.3 Å². The molecule has 3 aliphatic rings. The van der Waals surface area contributed by atoms with Crippen molar-refractivity contribution >= 4 is 17.4 Å². The van der Waals surface area contributed by atoms with Gasteiger partial charge in [0.25, 0.3) is 0 Å². The van der Waals surface area contributed by atoms with Crippen molar-refractivity contribution < 1.29 is 14.3 Å². The van der Waals surface area contributed by atoms with Crippen molar-refractivity contribution in [3.8, 4) is 0 Å². The minimum absolute atomic E-state index is 0.0310. The fourth-order valence-corrected chi connectivity index (χ4v) is 5.93. The van der Waals surface area contributed by atoms with E-state index in [0.29, 0.717) is 6.42 Å². The van der Waals surface area contributed by atoms with E-state index in [0.717, 1.165) is 16.8 Å². The van der Waals surface area contributed by atoms with Crippen LogP contribution in [-0.4, -0.2) is 18.3 Å². The molecule has 0 unspecified atom stereocenters. The molecular weight excluding hydrogens is 398 g/mol. The molecule has 1 aliphatic carbocycles. The van der Waals surface area contributed by atoms with Gasteiger partial charge in [-0.25, -0.2) is 0 Å². The average molecular weight is 421 g/mol. The molecule has 0 aromatic heterocycles. The Labute approximate surface area is 187 Å². The highest BCUT2D eigenvalue weighted by atomic mass is 16.5. The van der Waals surface area contributed by atoms with Gasteiger partial charge >= 0.3 is 0 Å². The second-order valence-corrected chi connectivity index (χ2v) is 8.87. The first-order valence-electron chi connectivity index (χ1n) is 11.0. The highest BCUT2D eigenvalue weighted by Crippen LogP contribution is 2.66. The molecule has 4 atom stereocenters. The molecule has 3 aromatic carbocycles. The lowest BCUT2D eigenvalue weighted by molar-refractivity contribution is -0.144. The highest BCUT2D eigenvalue weighted by Gasteiger charge is 2.73. The molecule has 158 valence electrons. The molecule has 32 heavy (non-hydrogen) atoms. The maximum absolute atomic E-state index is 14.0. The largest absolute Gasteiger partial charge is 0.365 e. The second kappa shape index (κ2) is 7.01. The summed E-state index contributed by atoms with van der Waals surface area (Å²) in [6.45, 7) is 0.284. The predicted molar refractivity (Wildman–Crippen MR) is 122 cm³/mol. The molecule has 1 spiro atoms. The van der Waals surface area contributed by atoms with Gasteiger partial charge in [-0.05, 0) is 35.4 Å². The molecule has 2 saturated heterocycles. The van der Waals surface area contributed by atoms with Crippen molar-refractivity contribution in [1.82, 2.24) is 0 Å². The quantitative estimate of drug-likeness (QED) is 0.569. The number of amides is 1. The van der Waals surface area contributed by atoms with E-state index in [-0.39, 0.29) is 30.3 Å². The van der Waals surface area contributed by atoms with Crippen LogP contribution in [0.25, 0.3) is 0 Å². The molecule has 0 saturated carbocycles. The van der Waals surface area contributed by atoms with E-state index in [4.69, 9.17) is 4.74 Å². The molecule has 1 amide bonds. The number of fused-ring (bicyclic) bond motifs is 2. The third kappa shape index (κ3) is 2.47. The molecule has 2 aliphatic heterocycles. The number of allylic oxidation sites excluding steroid dienone is 1. The fourth-order valence-electron chi connectivity index (χ4n) is 5.93. The van der Waals surface area contributed by atoms with Crippen LogP contribution in [0.15, 0.2) is 103 Å². The number of anilines is 1. The summed E-state index contributed by atoms with van der Waals surface area (Å²) in [4.78, 5) is 28.5. The van der Waals surface area contributed by atoms with Crippen molar-refractivity contribution in [2.45, 2.75) is 18.1 Å². The van der Waals surface area contributed by atoms with E-state index in [1.807, 2.05) is 89.8 Å². The van der Waals surface area contributed by atoms with Crippen LogP contribution in [0.1, 0.15) is 23.6 Å². The number of β-lactam (4-membered cyclic amide) rings is 1. The first-order valence-corrected chi connectivity index (χ1v) is 11.0. The number of rotatable bonds is 3. The molecule has 2 heterocycles. The zero-order chi connectivity index (χ0) is 21.8. The Bertz CT molecular complexity index is 1210. The van der Waals surface area contributed by atoms with Crippen molar-refractivity contribution in [3.63, 3.8) is 0 Å². The summed E-state index contributed by atoms with van der Waals surface area (Å²) in [5.41, 5.74) is 1.34. The zero-order valence-electron chi connectivity index (χ0n) is 17.6. The molecular formula is C28H23NO3. The minimum Gasteiger partial charge on any atom is -0.365 e. The van der Waals surface area contributed by atoms with Crippen molar-refractivity contribution in [2.24, 2.45) is 11.3 Å². The lowest BCUT2D eigenvalue weighted by atomic mass is 9.55. The minimum atomic E-state index is -0.798. The van der Waals surface area contributed by atoms with Crippen LogP contribution in [0.4, 0.5) is 5.69 Å². The Hall–Kier alpha value is -3.50. The van der Waals surface area contributed by atoms with Crippen LogP contribution < -0.4 is 4.90 Å². The summed E-state index contributed by atoms with van der Waals surface area (Å²) in [6.07, 6.45) is 3.80. The smallest absolute Gasteiger partial charge is 0.239 e. The lowest BCUT2D eigenvalue weighted by Crippen LogP contribution is -2.68. The Balaban J connectivity index is 1.53. The van der Waals surface area contributed by atoms with E-state index in [1.54, 1.807) is 6.08 Å². The monoisotopic (exact) mass is 421 g/mol. The summed E-state index contributed by atoms with van der Waals surface area (Å²) in [7, 11) is 0. The van der Waals surface area contributed by atoms with Gasteiger partial charge in [-0.1, -0.05) is 78.9 Å². The number of nitrogens with zero attached hydrogens (tertiary/aromatic N) is 1. The van der Waals surface area contributed by atoms with Crippen LogP contribution in [-0.2, 0) is 19.9 Å². The molecule has 4 heteroatoms. The number of hydrogen-bond donors (Lipinski definition) is 0. The molecule has 4 nitrogen and oxygen atoms in total. The van der Waals surface area contributed by atoms with Gasteiger partial charge < -0.3 is 9.64 Å². The number of hydrogen-bond acceptors (Lipinski definition) is 3. The van der Waals surface area contributed by atoms with E-state index >= 15 is 0 Å². The number of benzene rings is 3. The SMILES string of the molecule is O=C1C=C[C@]2(c3ccccc3)OC[C@@]3(C(=O)N(c4ccccc4)[C@@H]3c3ccccc3)[C@@H]2C1. The predicted octanol–water partition coefficient (Wildman–Crippen LogP) is 4.83. The first kappa shape index (κ1) is 19.2. The number of carbonyl (C=O) groups is 2.